The maximum absolute atomic E-state index is 12.6. The van der Waals surface area contributed by atoms with Gasteiger partial charge in [0.2, 0.25) is 0 Å². The standard InChI is InChI=1S/C19H19N3O3/c1-13-11-16(24-2)17(25-3)12-15(13)19(23)20-18-9-10-22(21-18)14-7-5-4-6-8-14/h4-12H,1-3H3,(H,20,21,23). The monoisotopic (exact) mass is 337 g/mol. The second-order valence-corrected chi connectivity index (χ2v) is 5.46. The number of nitrogens with one attached hydrogen (secondary N) is 1. The minimum Gasteiger partial charge on any atom is -0.493 e. The van der Waals surface area contributed by atoms with E-state index in [2.05, 4.69) is 10.4 Å². The molecule has 0 radical (unpaired) electrons. The van der Waals surface area contributed by atoms with Crippen molar-refractivity contribution in [1.82, 2.24) is 9.78 Å². The molecule has 0 bridgehead atoms. The summed E-state index contributed by atoms with van der Waals surface area (Å²) < 4.78 is 12.2. The molecule has 6 heteroatoms. The van der Waals surface area contributed by atoms with Gasteiger partial charge in [-0.25, -0.2) is 4.68 Å². The Morgan fingerprint density at radius 2 is 1.72 bits per heavy atom. The van der Waals surface area contributed by atoms with Gasteiger partial charge in [0.25, 0.3) is 5.91 Å². The van der Waals surface area contributed by atoms with Gasteiger partial charge < -0.3 is 14.8 Å². The third kappa shape index (κ3) is 3.47. The number of aromatic nitrogens is 2. The normalized spacial score (nSPS) is 10.4. The molecular weight excluding hydrogens is 318 g/mol. The quantitative estimate of drug-likeness (QED) is 0.774. The molecule has 128 valence electrons. The molecule has 25 heavy (non-hydrogen) atoms. The van der Waals surface area contributed by atoms with Crippen LogP contribution in [0.15, 0.2) is 54.7 Å². The van der Waals surface area contributed by atoms with Crippen molar-refractivity contribution in [3.8, 4) is 17.2 Å². The molecule has 3 aromatic rings. The number of benzene rings is 2. The Balaban J connectivity index is 1.82. The van der Waals surface area contributed by atoms with E-state index in [-0.39, 0.29) is 5.91 Å². The van der Waals surface area contributed by atoms with E-state index >= 15 is 0 Å². The van der Waals surface area contributed by atoms with Gasteiger partial charge in [-0.2, -0.15) is 5.10 Å². The van der Waals surface area contributed by atoms with Crippen molar-refractivity contribution in [3.05, 3.63) is 65.9 Å². The molecule has 6 nitrogen and oxygen atoms in total. The lowest BCUT2D eigenvalue weighted by Gasteiger charge is -2.12. The van der Waals surface area contributed by atoms with Crippen molar-refractivity contribution in [2.24, 2.45) is 0 Å². The van der Waals surface area contributed by atoms with E-state index in [1.165, 1.54) is 7.11 Å². The lowest BCUT2D eigenvalue weighted by Crippen LogP contribution is -2.14. The number of hydrogen-bond acceptors (Lipinski definition) is 4. The lowest BCUT2D eigenvalue weighted by atomic mass is 10.1. The number of aryl methyl sites for hydroxylation is 1. The fraction of sp³-hybridized carbons (Fsp3) is 0.158. The second kappa shape index (κ2) is 7.09. The van der Waals surface area contributed by atoms with Crippen LogP contribution in [-0.4, -0.2) is 29.9 Å². The SMILES string of the molecule is COc1cc(C)c(C(=O)Nc2ccn(-c3ccccc3)n2)cc1OC. The highest BCUT2D eigenvalue weighted by molar-refractivity contribution is 6.05. The summed E-state index contributed by atoms with van der Waals surface area (Å²) in [6.45, 7) is 1.85. The summed E-state index contributed by atoms with van der Waals surface area (Å²) in [4.78, 5) is 12.6. The van der Waals surface area contributed by atoms with Gasteiger partial charge in [0.1, 0.15) is 0 Å². The molecule has 3 rings (SSSR count). The Bertz CT molecular complexity index is 888. The van der Waals surface area contributed by atoms with E-state index in [0.717, 1.165) is 11.3 Å². The zero-order valence-electron chi connectivity index (χ0n) is 14.3. The topological polar surface area (TPSA) is 65.4 Å². The van der Waals surface area contributed by atoms with Gasteiger partial charge in [-0.05, 0) is 36.8 Å². The van der Waals surface area contributed by atoms with Crippen LogP contribution in [0.1, 0.15) is 15.9 Å². The number of nitrogens with zero attached hydrogens (tertiary/aromatic N) is 2. The second-order valence-electron chi connectivity index (χ2n) is 5.46. The van der Waals surface area contributed by atoms with Crippen LogP contribution in [0.2, 0.25) is 0 Å². The number of hydrogen-bond donors (Lipinski definition) is 1. The first kappa shape index (κ1) is 16.6. The Kier molecular flexibility index (Phi) is 4.70. The molecule has 2 aromatic carbocycles. The van der Waals surface area contributed by atoms with E-state index < -0.39 is 0 Å². The molecule has 0 aliphatic rings. The first-order valence-corrected chi connectivity index (χ1v) is 7.77. The number of carbonyl (C=O) groups excluding carboxylic acids is 1. The Morgan fingerprint density at radius 1 is 1.04 bits per heavy atom. The molecule has 0 aliphatic heterocycles. The molecule has 0 spiro atoms. The van der Waals surface area contributed by atoms with Crippen LogP contribution in [0.3, 0.4) is 0 Å². The number of ether oxygens (including phenoxy) is 2. The van der Waals surface area contributed by atoms with E-state index in [1.54, 1.807) is 36.2 Å². The van der Waals surface area contributed by atoms with Gasteiger partial charge in [-0.15, -0.1) is 0 Å². The first-order chi connectivity index (χ1) is 12.1. The summed E-state index contributed by atoms with van der Waals surface area (Å²) in [7, 11) is 3.10. The Labute approximate surface area is 146 Å². The minimum absolute atomic E-state index is 0.253. The number of carbonyl (C=O) groups is 1. The summed E-state index contributed by atoms with van der Waals surface area (Å²) in [5, 5.41) is 7.19. The Hall–Kier alpha value is -3.28. The summed E-state index contributed by atoms with van der Waals surface area (Å²) in [6, 6.07) is 14.9. The molecular formula is C19H19N3O3. The van der Waals surface area contributed by atoms with Crippen LogP contribution in [0.5, 0.6) is 11.5 Å². The van der Waals surface area contributed by atoms with Gasteiger partial charge in [-0.1, -0.05) is 18.2 Å². The van der Waals surface area contributed by atoms with Crippen LogP contribution in [0.25, 0.3) is 5.69 Å². The van der Waals surface area contributed by atoms with Crippen LogP contribution >= 0.6 is 0 Å². The fourth-order valence-corrected chi connectivity index (χ4v) is 2.52. The number of amides is 1. The molecule has 0 saturated carbocycles. The molecule has 1 heterocycles. The van der Waals surface area contributed by atoms with Gasteiger partial charge in [0.05, 0.1) is 19.9 Å². The predicted octanol–water partition coefficient (Wildman–Crippen LogP) is 3.45. The van der Waals surface area contributed by atoms with Crippen molar-refractivity contribution in [2.45, 2.75) is 6.92 Å². The van der Waals surface area contributed by atoms with E-state index in [0.29, 0.717) is 22.9 Å². The van der Waals surface area contributed by atoms with Crippen LogP contribution in [-0.2, 0) is 0 Å². The van der Waals surface area contributed by atoms with Gasteiger partial charge in [0, 0.05) is 17.8 Å². The lowest BCUT2D eigenvalue weighted by molar-refractivity contribution is 0.102. The summed E-state index contributed by atoms with van der Waals surface area (Å²) >= 11 is 0. The van der Waals surface area contributed by atoms with Crippen molar-refractivity contribution in [3.63, 3.8) is 0 Å². The maximum atomic E-state index is 12.6. The zero-order valence-corrected chi connectivity index (χ0v) is 14.3. The molecule has 0 aliphatic carbocycles. The van der Waals surface area contributed by atoms with Crippen LogP contribution in [0.4, 0.5) is 5.82 Å². The fourth-order valence-electron chi connectivity index (χ4n) is 2.52. The maximum Gasteiger partial charge on any atom is 0.257 e. The largest absolute Gasteiger partial charge is 0.493 e. The minimum atomic E-state index is -0.253. The third-order valence-corrected chi connectivity index (χ3v) is 3.83. The van der Waals surface area contributed by atoms with Gasteiger partial charge in [-0.3, -0.25) is 4.79 Å². The highest BCUT2D eigenvalue weighted by atomic mass is 16.5. The van der Waals surface area contributed by atoms with E-state index in [9.17, 15) is 4.79 Å². The number of para-hydroxylation sites is 1. The third-order valence-electron chi connectivity index (χ3n) is 3.83. The first-order valence-electron chi connectivity index (χ1n) is 7.77. The van der Waals surface area contributed by atoms with Gasteiger partial charge >= 0.3 is 0 Å². The Morgan fingerprint density at radius 3 is 2.40 bits per heavy atom. The average molecular weight is 337 g/mol. The molecule has 1 amide bonds. The zero-order chi connectivity index (χ0) is 17.8. The summed E-state index contributed by atoms with van der Waals surface area (Å²) in [6.07, 6.45) is 1.80. The molecule has 0 unspecified atom stereocenters. The van der Waals surface area contributed by atoms with Crippen molar-refractivity contribution in [1.29, 1.82) is 0 Å². The highest BCUT2D eigenvalue weighted by Crippen LogP contribution is 2.30. The van der Waals surface area contributed by atoms with E-state index in [4.69, 9.17) is 9.47 Å². The smallest absolute Gasteiger partial charge is 0.257 e. The highest BCUT2D eigenvalue weighted by Gasteiger charge is 2.15. The van der Waals surface area contributed by atoms with Gasteiger partial charge in [0.15, 0.2) is 17.3 Å². The molecule has 0 atom stereocenters. The number of rotatable bonds is 5. The van der Waals surface area contributed by atoms with Crippen molar-refractivity contribution >= 4 is 11.7 Å². The molecule has 0 fully saturated rings. The summed E-state index contributed by atoms with van der Waals surface area (Å²) in [5.41, 5.74) is 2.22. The molecule has 1 N–H and O–H groups in total. The number of anilines is 1. The van der Waals surface area contributed by atoms with Crippen LogP contribution < -0.4 is 14.8 Å². The predicted molar refractivity (Wildman–Crippen MR) is 95.8 cm³/mol. The van der Waals surface area contributed by atoms with Crippen molar-refractivity contribution < 1.29 is 14.3 Å². The molecule has 1 aromatic heterocycles. The van der Waals surface area contributed by atoms with Crippen LogP contribution in [0, 0.1) is 6.92 Å². The average Bonchev–Trinajstić information content (AvgIpc) is 3.10. The summed E-state index contributed by atoms with van der Waals surface area (Å²) in [5.74, 6) is 1.32. The van der Waals surface area contributed by atoms with E-state index in [1.807, 2.05) is 37.3 Å². The van der Waals surface area contributed by atoms with Crippen molar-refractivity contribution in [2.75, 3.05) is 19.5 Å². The number of methoxy groups -OCH3 is 2. The molecule has 0 saturated heterocycles.